The number of urea groups is 1. The second kappa shape index (κ2) is 8.76. The number of likely N-dealkylation sites (tertiary alicyclic amines) is 1. The van der Waals surface area contributed by atoms with Crippen molar-refractivity contribution in [3.63, 3.8) is 0 Å². The van der Waals surface area contributed by atoms with Gasteiger partial charge in [0.15, 0.2) is 5.75 Å². The van der Waals surface area contributed by atoms with E-state index in [-0.39, 0.29) is 17.9 Å². The maximum Gasteiger partial charge on any atom is 0.321 e. The van der Waals surface area contributed by atoms with Gasteiger partial charge in [-0.1, -0.05) is 11.6 Å². The van der Waals surface area contributed by atoms with E-state index in [1.807, 2.05) is 6.92 Å². The van der Waals surface area contributed by atoms with Crippen LogP contribution in [-0.4, -0.2) is 55.5 Å². The first kappa shape index (κ1) is 19.8. The van der Waals surface area contributed by atoms with Crippen LogP contribution in [0.15, 0.2) is 16.6 Å². The second-order valence-corrected chi connectivity index (χ2v) is 7.44. The fourth-order valence-electron chi connectivity index (χ4n) is 2.87. The van der Waals surface area contributed by atoms with Crippen LogP contribution in [0.3, 0.4) is 0 Å². The van der Waals surface area contributed by atoms with Gasteiger partial charge >= 0.3 is 6.03 Å². The Morgan fingerprint density at radius 1 is 1.44 bits per heavy atom. The monoisotopic (exact) mass is 431 g/mol. The number of rotatable bonds is 4. The molecule has 1 heterocycles. The van der Waals surface area contributed by atoms with Gasteiger partial charge in [-0.25, -0.2) is 4.79 Å². The van der Waals surface area contributed by atoms with E-state index in [4.69, 9.17) is 16.3 Å². The van der Waals surface area contributed by atoms with Crippen molar-refractivity contribution in [1.29, 1.82) is 0 Å². The molecular weight excluding hydrogens is 410 g/mol. The zero-order chi connectivity index (χ0) is 18.6. The zero-order valence-corrected chi connectivity index (χ0v) is 17.0. The van der Waals surface area contributed by atoms with Gasteiger partial charge in [0.25, 0.3) is 0 Å². The van der Waals surface area contributed by atoms with Gasteiger partial charge in [0.1, 0.15) is 0 Å². The third-order valence-electron chi connectivity index (χ3n) is 4.04. The van der Waals surface area contributed by atoms with Gasteiger partial charge in [-0.2, -0.15) is 0 Å². The van der Waals surface area contributed by atoms with Crippen LogP contribution >= 0.6 is 27.5 Å². The number of carbonyl (C=O) groups is 2. The molecule has 8 heteroatoms. The summed E-state index contributed by atoms with van der Waals surface area (Å²) in [4.78, 5) is 28.1. The van der Waals surface area contributed by atoms with Crippen LogP contribution in [0.4, 0.5) is 10.5 Å². The summed E-state index contributed by atoms with van der Waals surface area (Å²) in [5.41, 5.74) is 0.507. The number of ether oxygens (including phenoxy) is 1. The van der Waals surface area contributed by atoms with Crippen molar-refractivity contribution < 1.29 is 14.3 Å². The lowest BCUT2D eigenvalue weighted by molar-refractivity contribution is -0.134. The third kappa shape index (κ3) is 5.01. The van der Waals surface area contributed by atoms with Crippen LogP contribution in [-0.2, 0) is 4.79 Å². The molecule has 0 aliphatic carbocycles. The summed E-state index contributed by atoms with van der Waals surface area (Å²) < 4.78 is 6.28. The molecule has 1 saturated heterocycles. The summed E-state index contributed by atoms with van der Waals surface area (Å²) in [6, 6.07) is 3.11. The van der Waals surface area contributed by atoms with Gasteiger partial charge in [0.05, 0.1) is 22.7 Å². The van der Waals surface area contributed by atoms with Crippen LogP contribution in [0.2, 0.25) is 5.02 Å². The Balaban J connectivity index is 2.13. The first-order valence-corrected chi connectivity index (χ1v) is 9.39. The molecule has 3 amide bonds. The molecule has 0 saturated carbocycles. The first-order chi connectivity index (χ1) is 11.8. The summed E-state index contributed by atoms with van der Waals surface area (Å²) >= 11 is 9.50. The highest BCUT2D eigenvalue weighted by Crippen LogP contribution is 2.37. The van der Waals surface area contributed by atoms with Gasteiger partial charge in [-0.05, 0) is 47.8 Å². The van der Waals surface area contributed by atoms with E-state index in [1.54, 1.807) is 36.0 Å². The van der Waals surface area contributed by atoms with Gasteiger partial charge in [0.2, 0.25) is 5.91 Å². The normalized spacial score (nSPS) is 17.2. The molecular formula is C17H23BrClN3O3. The van der Waals surface area contributed by atoms with Crippen molar-refractivity contribution in [2.75, 3.05) is 39.1 Å². The van der Waals surface area contributed by atoms with Crippen LogP contribution in [0.5, 0.6) is 5.75 Å². The summed E-state index contributed by atoms with van der Waals surface area (Å²) in [7, 11) is 3.47. The van der Waals surface area contributed by atoms with Gasteiger partial charge in [0, 0.05) is 32.2 Å². The van der Waals surface area contributed by atoms with Gasteiger partial charge in [-0.3, -0.25) is 4.79 Å². The molecule has 1 fully saturated rings. The van der Waals surface area contributed by atoms with E-state index in [2.05, 4.69) is 21.2 Å². The lowest BCUT2D eigenvalue weighted by Gasteiger charge is -2.33. The molecule has 138 valence electrons. The predicted octanol–water partition coefficient (Wildman–Crippen LogP) is 3.83. The maximum absolute atomic E-state index is 12.7. The van der Waals surface area contributed by atoms with Crippen molar-refractivity contribution in [3.05, 3.63) is 21.6 Å². The Bertz CT molecular complexity index is 654. The van der Waals surface area contributed by atoms with E-state index >= 15 is 0 Å². The highest BCUT2D eigenvalue weighted by Gasteiger charge is 2.29. The molecule has 6 nitrogen and oxygen atoms in total. The number of benzene rings is 1. The molecule has 0 spiro atoms. The fourth-order valence-corrected chi connectivity index (χ4v) is 3.79. The SMILES string of the molecule is CCOc1c(Br)cc(Cl)cc1NC(=O)N1CCCC(C(=O)N(C)C)C1. The predicted molar refractivity (Wildman–Crippen MR) is 102 cm³/mol. The maximum atomic E-state index is 12.7. The average molecular weight is 433 g/mol. The lowest BCUT2D eigenvalue weighted by Crippen LogP contribution is -2.46. The Labute approximate surface area is 161 Å². The average Bonchev–Trinajstić information content (AvgIpc) is 2.57. The number of hydrogen-bond acceptors (Lipinski definition) is 3. The zero-order valence-electron chi connectivity index (χ0n) is 14.6. The van der Waals surface area contributed by atoms with Crippen LogP contribution in [0.25, 0.3) is 0 Å². The highest BCUT2D eigenvalue weighted by molar-refractivity contribution is 9.10. The van der Waals surface area contributed by atoms with E-state index in [9.17, 15) is 9.59 Å². The Kier molecular flexibility index (Phi) is 6.95. The topological polar surface area (TPSA) is 61.9 Å². The number of nitrogens with one attached hydrogen (secondary N) is 1. The van der Waals surface area contributed by atoms with E-state index in [0.29, 0.717) is 40.6 Å². The van der Waals surface area contributed by atoms with E-state index < -0.39 is 0 Å². The molecule has 2 rings (SSSR count). The smallest absolute Gasteiger partial charge is 0.321 e. The number of halogens is 2. The Morgan fingerprint density at radius 3 is 2.80 bits per heavy atom. The largest absolute Gasteiger partial charge is 0.491 e. The molecule has 1 aliphatic rings. The molecule has 1 aromatic rings. The standard InChI is InChI=1S/C17H23BrClN3O3/c1-4-25-15-13(18)8-12(19)9-14(15)20-17(24)22-7-5-6-11(10-22)16(23)21(2)3/h8-9,11H,4-7,10H2,1-3H3,(H,20,24). The number of nitrogens with zero attached hydrogens (tertiary/aromatic N) is 2. The van der Waals surface area contributed by atoms with E-state index in [1.165, 1.54) is 0 Å². The fraction of sp³-hybridized carbons (Fsp3) is 0.529. The molecule has 0 radical (unpaired) electrons. The van der Waals surface area contributed by atoms with Crippen molar-refractivity contribution >= 4 is 45.2 Å². The minimum absolute atomic E-state index is 0.0537. The summed E-state index contributed by atoms with van der Waals surface area (Å²) in [5, 5.41) is 3.35. The Hall–Kier alpha value is -1.47. The number of hydrogen-bond donors (Lipinski definition) is 1. The van der Waals surface area contributed by atoms with Gasteiger partial charge in [-0.15, -0.1) is 0 Å². The molecule has 1 unspecified atom stereocenters. The minimum atomic E-state index is -0.258. The summed E-state index contributed by atoms with van der Waals surface area (Å²) in [5.74, 6) is 0.433. The number of anilines is 1. The molecule has 0 aromatic heterocycles. The third-order valence-corrected chi connectivity index (χ3v) is 4.84. The molecule has 1 aromatic carbocycles. The van der Waals surface area contributed by atoms with E-state index in [0.717, 1.165) is 12.8 Å². The first-order valence-electron chi connectivity index (χ1n) is 8.22. The summed E-state index contributed by atoms with van der Waals surface area (Å²) in [6.07, 6.45) is 1.60. The minimum Gasteiger partial charge on any atom is -0.491 e. The number of piperidine rings is 1. The van der Waals surface area contributed by atoms with Gasteiger partial charge < -0.3 is 19.9 Å². The quantitative estimate of drug-likeness (QED) is 0.786. The lowest BCUT2D eigenvalue weighted by atomic mass is 9.97. The Morgan fingerprint density at radius 2 is 2.16 bits per heavy atom. The molecule has 0 bridgehead atoms. The second-order valence-electron chi connectivity index (χ2n) is 6.15. The highest BCUT2D eigenvalue weighted by atomic mass is 79.9. The van der Waals surface area contributed by atoms with Crippen molar-refractivity contribution in [2.24, 2.45) is 5.92 Å². The molecule has 25 heavy (non-hydrogen) atoms. The van der Waals surface area contributed by atoms with Crippen LogP contribution in [0, 0.1) is 5.92 Å². The summed E-state index contributed by atoms with van der Waals surface area (Å²) in [6.45, 7) is 3.37. The van der Waals surface area contributed by atoms with Crippen LogP contribution in [0.1, 0.15) is 19.8 Å². The van der Waals surface area contributed by atoms with Crippen molar-refractivity contribution in [2.45, 2.75) is 19.8 Å². The molecule has 1 atom stereocenters. The number of carbonyl (C=O) groups excluding carboxylic acids is 2. The van der Waals surface area contributed by atoms with Crippen molar-refractivity contribution in [3.8, 4) is 5.75 Å². The van der Waals surface area contributed by atoms with Crippen molar-refractivity contribution in [1.82, 2.24) is 9.80 Å². The molecule has 1 aliphatic heterocycles. The molecule has 1 N–H and O–H groups in total. The van der Waals surface area contributed by atoms with Crippen LogP contribution < -0.4 is 10.1 Å². The number of amides is 3.